The van der Waals surface area contributed by atoms with Gasteiger partial charge in [0, 0.05) is 11.6 Å². The summed E-state index contributed by atoms with van der Waals surface area (Å²) < 4.78 is 9.57. The number of hydrogen-bond donors (Lipinski definition) is 1. The van der Waals surface area contributed by atoms with Crippen molar-refractivity contribution in [3.63, 3.8) is 0 Å². The molecule has 6 nitrogen and oxygen atoms in total. The van der Waals surface area contributed by atoms with Crippen molar-refractivity contribution >= 4 is 11.7 Å². The van der Waals surface area contributed by atoms with E-state index in [0.29, 0.717) is 5.69 Å². The monoisotopic (exact) mass is 260 g/mol. The molecule has 19 heavy (non-hydrogen) atoms. The fraction of sp³-hybridized carbons (Fsp3) is 0.154. The second-order valence-corrected chi connectivity index (χ2v) is 3.74. The van der Waals surface area contributed by atoms with Gasteiger partial charge in [-0.25, -0.2) is 0 Å². The molecular formula is C13H12N2O4. The highest BCUT2D eigenvalue weighted by molar-refractivity contribution is 6.07. The predicted molar refractivity (Wildman–Crippen MR) is 66.9 cm³/mol. The minimum Gasteiger partial charge on any atom is -0.469 e. The molecule has 0 atom stereocenters. The summed E-state index contributed by atoms with van der Waals surface area (Å²) in [6, 6.07) is 11.0. The molecule has 1 aromatic heterocycles. The molecule has 0 aliphatic rings. The molecule has 1 heterocycles. The van der Waals surface area contributed by atoms with E-state index in [9.17, 15) is 4.79 Å². The number of rotatable bonds is 4. The Balaban J connectivity index is 2.23. The largest absolute Gasteiger partial charge is 0.469 e. The van der Waals surface area contributed by atoms with Gasteiger partial charge in [0.1, 0.15) is 11.4 Å². The van der Waals surface area contributed by atoms with Gasteiger partial charge >= 0.3 is 5.97 Å². The third-order valence-corrected chi connectivity index (χ3v) is 2.52. The SMILES string of the molecule is COC(=O)CC(=NO)c1cc(-c2ccccc2)no1. The molecule has 0 saturated heterocycles. The van der Waals surface area contributed by atoms with Crippen molar-refractivity contribution in [3.05, 3.63) is 42.2 Å². The van der Waals surface area contributed by atoms with Crippen LogP contribution < -0.4 is 0 Å². The van der Waals surface area contributed by atoms with Crippen LogP contribution in [0.3, 0.4) is 0 Å². The number of oxime groups is 1. The van der Waals surface area contributed by atoms with Gasteiger partial charge in [0.2, 0.25) is 0 Å². The highest BCUT2D eigenvalue weighted by Gasteiger charge is 2.16. The first-order chi connectivity index (χ1) is 9.24. The number of benzene rings is 1. The lowest BCUT2D eigenvalue weighted by molar-refractivity contribution is -0.139. The van der Waals surface area contributed by atoms with Crippen LogP contribution in [0, 0.1) is 0 Å². The highest BCUT2D eigenvalue weighted by atomic mass is 16.5. The maximum Gasteiger partial charge on any atom is 0.311 e. The van der Waals surface area contributed by atoms with E-state index in [1.54, 1.807) is 6.07 Å². The number of ether oxygens (including phenoxy) is 1. The topological polar surface area (TPSA) is 84.9 Å². The predicted octanol–water partition coefficient (Wildman–Crippen LogP) is 2.08. The highest BCUT2D eigenvalue weighted by Crippen LogP contribution is 2.19. The third-order valence-electron chi connectivity index (χ3n) is 2.52. The summed E-state index contributed by atoms with van der Waals surface area (Å²) in [6.07, 6.45) is -0.184. The zero-order valence-corrected chi connectivity index (χ0v) is 10.2. The molecule has 0 aliphatic heterocycles. The van der Waals surface area contributed by atoms with Gasteiger partial charge in [-0.2, -0.15) is 0 Å². The number of methoxy groups -OCH3 is 1. The van der Waals surface area contributed by atoms with E-state index < -0.39 is 5.97 Å². The molecule has 0 aliphatic carbocycles. The van der Waals surface area contributed by atoms with Gasteiger partial charge < -0.3 is 14.5 Å². The first-order valence-electron chi connectivity index (χ1n) is 5.55. The van der Waals surface area contributed by atoms with Crippen molar-refractivity contribution in [2.45, 2.75) is 6.42 Å². The first kappa shape index (κ1) is 12.8. The number of hydrogen-bond acceptors (Lipinski definition) is 6. The van der Waals surface area contributed by atoms with Crippen LogP contribution in [0.15, 0.2) is 46.1 Å². The summed E-state index contributed by atoms with van der Waals surface area (Å²) in [5.41, 5.74) is 1.54. The molecule has 0 spiro atoms. The van der Waals surface area contributed by atoms with Gasteiger partial charge in [-0.1, -0.05) is 40.6 Å². The zero-order valence-electron chi connectivity index (χ0n) is 10.2. The van der Waals surface area contributed by atoms with Crippen molar-refractivity contribution in [2.75, 3.05) is 7.11 Å². The summed E-state index contributed by atoms with van der Waals surface area (Å²) in [7, 11) is 1.26. The maximum atomic E-state index is 11.2. The molecule has 2 aromatic rings. The van der Waals surface area contributed by atoms with Crippen molar-refractivity contribution in [2.24, 2.45) is 5.16 Å². The molecule has 1 N–H and O–H groups in total. The van der Waals surface area contributed by atoms with Crippen LogP contribution >= 0.6 is 0 Å². The fourth-order valence-electron chi connectivity index (χ4n) is 1.54. The van der Waals surface area contributed by atoms with E-state index >= 15 is 0 Å². The molecule has 0 bridgehead atoms. The van der Waals surface area contributed by atoms with Crippen molar-refractivity contribution in [3.8, 4) is 11.3 Å². The van der Waals surface area contributed by atoms with Gasteiger partial charge in [-0.3, -0.25) is 4.79 Å². The Morgan fingerprint density at radius 2 is 2.16 bits per heavy atom. The van der Waals surface area contributed by atoms with Crippen molar-refractivity contribution < 1.29 is 19.3 Å². The number of carbonyl (C=O) groups is 1. The van der Waals surface area contributed by atoms with E-state index in [0.717, 1.165) is 5.56 Å². The number of esters is 1. The fourth-order valence-corrected chi connectivity index (χ4v) is 1.54. The first-order valence-corrected chi connectivity index (χ1v) is 5.55. The normalized spacial score (nSPS) is 11.3. The lowest BCUT2D eigenvalue weighted by Crippen LogP contribution is -2.10. The Hall–Kier alpha value is -2.63. The van der Waals surface area contributed by atoms with Crippen LogP contribution in [0.2, 0.25) is 0 Å². The Morgan fingerprint density at radius 1 is 1.42 bits per heavy atom. The maximum absolute atomic E-state index is 11.2. The van der Waals surface area contributed by atoms with Crippen LogP contribution in [0.4, 0.5) is 0 Å². The van der Waals surface area contributed by atoms with Gasteiger partial charge in [0.25, 0.3) is 0 Å². The summed E-state index contributed by atoms with van der Waals surface area (Å²) >= 11 is 0. The Morgan fingerprint density at radius 3 is 2.79 bits per heavy atom. The molecule has 2 rings (SSSR count). The van der Waals surface area contributed by atoms with E-state index in [1.807, 2.05) is 30.3 Å². The lowest BCUT2D eigenvalue weighted by atomic mass is 10.1. The molecule has 98 valence electrons. The molecule has 6 heteroatoms. The zero-order chi connectivity index (χ0) is 13.7. The summed E-state index contributed by atoms with van der Waals surface area (Å²) in [5, 5.41) is 15.8. The minimum atomic E-state index is -0.523. The molecule has 0 fully saturated rings. The average Bonchev–Trinajstić information content (AvgIpc) is 2.95. The van der Waals surface area contributed by atoms with Crippen LogP contribution in [0.25, 0.3) is 11.3 Å². The minimum absolute atomic E-state index is 0.0709. The molecule has 0 saturated carbocycles. The van der Waals surface area contributed by atoms with Crippen molar-refractivity contribution in [1.29, 1.82) is 0 Å². The second kappa shape index (κ2) is 5.81. The van der Waals surface area contributed by atoms with Crippen LogP contribution in [-0.2, 0) is 9.53 Å². The number of nitrogens with zero attached hydrogens (tertiary/aromatic N) is 2. The van der Waals surface area contributed by atoms with E-state index in [1.165, 1.54) is 7.11 Å². The summed E-state index contributed by atoms with van der Waals surface area (Å²) in [6.45, 7) is 0. The summed E-state index contributed by atoms with van der Waals surface area (Å²) in [4.78, 5) is 11.2. The number of carbonyl (C=O) groups excluding carboxylic acids is 1. The van der Waals surface area contributed by atoms with Crippen LogP contribution in [0.1, 0.15) is 12.2 Å². The number of aromatic nitrogens is 1. The molecule has 0 unspecified atom stereocenters. The van der Waals surface area contributed by atoms with E-state index in [4.69, 9.17) is 9.73 Å². The lowest BCUT2D eigenvalue weighted by Gasteiger charge is -1.97. The smallest absolute Gasteiger partial charge is 0.311 e. The van der Waals surface area contributed by atoms with Gasteiger partial charge in [0.05, 0.1) is 13.5 Å². The Bertz CT molecular complexity index is 590. The van der Waals surface area contributed by atoms with Gasteiger partial charge in [-0.15, -0.1) is 0 Å². The molecule has 1 aromatic carbocycles. The van der Waals surface area contributed by atoms with Crippen LogP contribution in [-0.4, -0.2) is 29.2 Å². The third kappa shape index (κ3) is 2.98. The quantitative estimate of drug-likeness (QED) is 0.393. The molecule has 0 radical (unpaired) electrons. The van der Waals surface area contributed by atoms with E-state index in [-0.39, 0.29) is 17.9 Å². The second-order valence-electron chi connectivity index (χ2n) is 3.74. The van der Waals surface area contributed by atoms with E-state index in [2.05, 4.69) is 15.0 Å². The van der Waals surface area contributed by atoms with Gasteiger partial charge in [0.15, 0.2) is 5.76 Å². The van der Waals surface area contributed by atoms with Crippen LogP contribution in [0.5, 0.6) is 0 Å². The standard InChI is InChI=1S/C13H12N2O4/c1-18-13(16)8-11(14-17)12-7-10(15-19-12)9-5-3-2-4-6-9/h2-7,17H,8H2,1H3. The molecule has 0 amide bonds. The average molecular weight is 260 g/mol. The van der Waals surface area contributed by atoms with Gasteiger partial charge in [-0.05, 0) is 0 Å². The Labute approximate surface area is 109 Å². The van der Waals surface area contributed by atoms with Crippen molar-refractivity contribution in [1.82, 2.24) is 5.16 Å². The molecular weight excluding hydrogens is 248 g/mol. The summed E-state index contributed by atoms with van der Waals surface area (Å²) in [5.74, 6) is -0.294. The Kier molecular flexibility index (Phi) is 3.92.